The molecule has 0 radical (unpaired) electrons. The van der Waals surface area contributed by atoms with Crippen molar-refractivity contribution in [2.75, 3.05) is 18.6 Å². The second kappa shape index (κ2) is 6.35. The number of hydrazine groups is 1. The zero-order valence-corrected chi connectivity index (χ0v) is 11.9. The van der Waals surface area contributed by atoms with Gasteiger partial charge in [0.05, 0.1) is 11.5 Å². The first kappa shape index (κ1) is 15.6. The van der Waals surface area contributed by atoms with E-state index in [-0.39, 0.29) is 12.3 Å². The molecule has 116 valence electrons. The SMILES string of the molecule is NNc1cccc(S(=O)(=O)NC2CCCOC2)c1[N+](=O)[O-]. The average Bonchev–Trinajstić information content (AvgIpc) is 2.46. The molecule has 0 aromatic heterocycles. The van der Waals surface area contributed by atoms with Gasteiger partial charge in [0, 0.05) is 12.6 Å². The number of anilines is 1. The maximum Gasteiger partial charge on any atom is 0.313 e. The van der Waals surface area contributed by atoms with Crippen molar-refractivity contribution in [3.8, 4) is 0 Å². The molecule has 4 N–H and O–H groups in total. The third-order valence-corrected chi connectivity index (χ3v) is 4.66. The lowest BCUT2D eigenvalue weighted by atomic mass is 10.1. The molecule has 1 saturated heterocycles. The summed E-state index contributed by atoms with van der Waals surface area (Å²) in [6, 6.07) is 3.50. The lowest BCUT2D eigenvalue weighted by Crippen LogP contribution is -2.40. The first-order valence-corrected chi connectivity index (χ1v) is 7.78. The monoisotopic (exact) mass is 316 g/mol. The summed E-state index contributed by atoms with van der Waals surface area (Å²) in [4.78, 5) is 9.93. The van der Waals surface area contributed by atoms with Crippen LogP contribution in [-0.2, 0) is 14.8 Å². The lowest BCUT2D eigenvalue weighted by molar-refractivity contribution is -0.386. The molecule has 1 atom stereocenters. The molecule has 0 bridgehead atoms. The number of nitrogens with one attached hydrogen (secondary N) is 2. The summed E-state index contributed by atoms with van der Waals surface area (Å²) >= 11 is 0. The third kappa shape index (κ3) is 3.47. The molecule has 21 heavy (non-hydrogen) atoms. The Morgan fingerprint density at radius 1 is 1.43 bits per heavy atom. The summed E-state index contributed by atoms with van der Waals surface area (Å²) in [7, 11) is -4.04. The third-order valence-electron chi connectivity index (χ3n) is 3.11. The van der Waals surface area contributed by atoms with Gasteiger partial charge >= 0.3 is 5.69 Å². The van der Waals surface area contributed by atoms with E-state index in [2.05, 4.69) is 10.1 Å². The van der Waals surface area contributed by atoms with E-state index in [9.17, 15) is 18.5 Å². The van der Waals surface area contributed by atoms with E-state index < -0.39 is 31.6 Å². The lowest BCUT2D eigenvalue weighted by Gasteiger charge is -2.23. The van der Waals surface area contributed by atoms with Crippen molar-refractivity contribution in [1.82, 2.24) is 4.72 Å². The van der Waals surface area contributed by atoms with Crippen LogP contribution in [-0.4, -0.2) is 32.6 Å². The molecule has 0 saturated carbocycles. The molecule has 1 heterocycles. The number of nitrogens with two attached hydrogens (primary N) is 1. The zero-order chi connectivity index (χ0) is 15.5. The molecule has 1 aliphatic heterocycles. The van der Waals surface area contributed by atoms with Gasteiger partial charge in [0.2, 0.25) is 10.0 Å². The smallest absolute Gasteiger partial charge is 0.313 e. The molecular weight excluding hydrogens is 300 g/mol. The second-order valence-corrected chi connectivity index (χ2v) is 6.27. The van der Waals surface area contributed by atoms with Gasteiger partial charge in [-0.2, -0.15) is 0 Å². The van der Waals surface area contributed by atoms with Crippen molar-refractivity contribution in [2.45, 2.75) is 23.8 Å². The number of rotatable bonds is 5. The minimum atomic E-state index is -4.04. The Labute approximate surface area is 121 Å². The van der Waals surface area contributed by atoms with Crippen LogP contribution in [0.1, 0.15) is 12.8 Å². The van der Waals surface area contributed by atoms with Crippen LogP contribution in [0.15, 0.2) is 23.1 Å². The molecule has 2 rings (SSSR count). The van der Waals surface area contributed by atoms with Gasteiger partial charge in [-0.25, -0.2) is 13.1 Å². The average molecular weight is 316 g/mol. The highest BCUT2D eigenvalue weighted by Gasteiger charge is 2.31. The first-order valence-electron chi connectivity index (χ1n) is 6.30. The number of benzene rings is 1. The molecule has 9 nitrogen and oxygen atoms in total. The maximum atomic E-state index is 12.4. The number of nitro groups is 1. The predicted octanol–water partition coefficient (Wildman–Crippen LogP) is 0.338. The van der Waals surface area contributed by atoms with Gasteiger partial charge in [-0.05, 0) is 25.0 Å². The molecule has 0 spiro atoms. The Balaban J connectivity index is 2.37. The summed E-state index contributed by atoms with van der Waals surface area (Å²) in [6.07, 6.45) is 1.36. The molecule has 1 aromatic carbocycles. The number of nitrogens with zero attached hydrogens (tertiary/aromatic N) is 1. The molecule has 1 aromatic rings. The molecule has 0 aliphatic carbocycles. The van der Waals surface area contributed by atoms with Crippen LogP contribution < -0.4 is 16.0 Å². The zero-order valence-electron chi connectivity index (χ0n) is 11.1. The van der Waals surface area contributed by atoms with Gasteiger partial charge in [-0.1, -0.05) is 6.07 Å². The van der Waals surface area contributed by atoms with Gasteiger partial charge in [-0.3, -0.25) is 16.0 Å². The van der Waals surface area contributed by atoms with Crippen molar-refractivity contribution in [1.29, 1.82) is 0 Å². The van der Waals surface area contributed by atoms with E-state index in [1.54, 1.807) is 0 Å². The van der Waals surface area contributed by atoms with Crippen LogP contribution in [0.3, 0.4) is 0 Å². The highest BCUT2D eigenvalue weighted by molar-refractivity contribution is 7.89. The topological polar surface area (TPSA) is 137 Å². The highest BCUT2D eigenvalue weighted by Crippen LogP contribution is 2.31. The van der Waals surface area contributed by atoms with E-state index in [0.717, 1.165) is 6.42 Å². The Hall–Kier alpha value is -1.75. The van der Waals surface area contributed by atoms with Crippen LogP contribution in [0.4, 0.5) is 11.4 Å². The summed E-state index contributed by atoms with van der Waals surface area (Å²) in [5.74, 6) is 5.20. The standard InChI is InChI=1S/C11H16N4O5S/c12-13-9-4-1-5-10(11(9)15(16)17)21(18,19)14-8-3-2-6-20-7-8/h1,4-5,8,13-14H,2-3,6-7,12H2. The minimum Gasteiger partial charge on any atom is -0.380 e. The fraction of sp³-hybridized carbons (Fsp3) is 0.455. The number of ether oxygens (including phenoxy) is 1. The Bertz CT molecular complexity index is 628. The van der Waals surface area contributed by atoms with Crippen LogP contribution in [0.2, 0.25) is 0 Å². The van der Waals surface area contributed by atoms with E-state index in [0.29, 0.717) is 13.0 Å². The number of hydrogen-bond donors (Lipinski definition) is 3. The predicted molar refractivity (Wildman–Crippen MR) is 75.1 cm³/mol. The largest absolute Gasteiger partial charge is 0.380 e. The van der Waals surface area contributed by atoms with Gasteiger partial charge < -0.3 is 10.2 Å². The number of nitro benzene ring substituents is 1. The highest BCUT2D eigenvalue weighted by atomic mass is 32.2. The van der Waals surface area contributed by atoms with Gasteiger partial charge in [0.1, 0.15) is 5.69 Å². The number of hydrogen-bond acceptors (Lipinski definition) is 7. The van der Waals surface area contributed by atoms with Crippen molar-refractivity contribution < 1.29 is 18.1 Å². The first-order chi connectivity index (χ1) is 9.95. The van der Waals surface area contributed by atoms with E-state index >= 15 is 0 Å². The molecular formula is C11H16N4O5S. The number of para-hydroxylation sites is 1. The molecule has 1 aliphatic rings. The maximum absolute atomic E-state index is 12.4. The van der Waals surface area contributed by atoms with Crippen molar-refractivity contribution in [3.63, 3.8) is 0 Å². The summed E-state index contributed by atoms with van der Waals surface area (Å²) < 4.78 is 32.3. The van der Waals surface area contributed by atoms with Gasteiger partial charge in [0.25, 0.3) is 0 Å². The van der Waals surface area contributed by atoms with Gasteiger partial charge in [0.15, 0.2) is 4.90 Å². The molecule has 1 unspecified atom stereocenters. The minimum absolute atomic E-state index is 0.0669. The van der Waals surface area contributed by atoms with Gasteiger partial charge in [-0.15, -0.1) is 0 Å². The van der Waals surface area contributed by atoms with Crippen LogP contribution >= 0.6 is 0 Å². The Morgan fingerprint density at radius 3 is 2.76 bits per heavy atom. The number of nitrogen functional groups attached to an aromatic ring is 1. The van der Waals surface area contributed by atoms with E-state index in [1.807, 2.05) is 0 Å². The normalized spacial score (nSPS) is 19.2. The van der Waals surface area contributed by atoms with Crippen LogP contribution in [0.5, 0.6) is 0 Å². The molecule has 0 amide bonds. The van der Waals surface area contributed by atoms with Crippen molar-refractivity contribution in [2.24, 2.45) is 5.84 Å². The molecule has 1 fully saturated rings. The quantitative estimate of drug-likeness (QED) is 0.404. The Morgan fingerprint density at radius 2 is 2.19 bits per heavy atom. The van der Waals surface area contributed by atoms with Crippen LogP contribution in [0, 0.1) is 10.1 Å². The van der Waals surface area contributed by atoms with Crippen molar-refractivity contribution in [3.05, 3.63) is 28.3 Å². The van der Waals surface area contributed by atoms with Crippen LogP contribution in [0.25, 0.3) is 0 Å². The molecule has 10 heteroatoms. The summed E-state index contributed by atoms with van der Waals surface area (Å²) in [6.45, 7) is 0.840. The number of sulfonamides is 1. The van der Waals surface area contributed by atoms with E-state index in [4.69, 9.17) is 10.6 Å². The van der Waals surface area contributed by atoms with Crippen molar-refractivity contribution >= 4 is 21.4 Å². The Kier molecular flexibility index (Phi) is 4.73. The second-order valence-electron chi connectivity index (χ2n) is 4.59. The fourth-order valence-electron chi connectivity index (χ4n) is 2.16. The van der Waals surface area contributed by atoms with E-state index in [1.165, 1.54) is 18.2 Å². The summed E-state index contributed by atoms with van der Waals surface area (Å²) in [5, 5.41) is 11.1. The summed E-state index contributed by atoms with van der Waals surface area (Å²) in [5.41, 5.74) is 1.49. The fourth-order valence-corrected chi connectivity index (χ4v) is 3.61.